The van der Waals surface area contributed by atoms with E-state index >= 15 is 0 Å². The number of nitrogens with zero attached hydrogens (tertiary/aromatic N) is 1. The fourth-order valence-corrected chi connectivity index (χ4v) is 2.90. The van der Waals surface area contributed by atoms with Crippen LogP contribution in [0.1, 0.15) is 10.9 Å². The second-order valence-electron chi connectivity index (χ2n) is 3.71. The Morgan fingerprint density at radius 3 is 2.50 bits per heavy atom. The molecule has 0 aromatic heterocycles. The van der Waals surface area contributed by atoms with E-state index in [1.807, 2.05) is 47.0 Å². The molecule has 0 aliphatic carbocycles. The predicted molar refractivity (Wildman–Crippen MR) is 68.9 cm³/mol. The first kappa shape index (κ1) is 11.8. The number of amides is 1. The highest BCUT2D eigenvalue weighted by Gasteiger charge is 2.24. The Kier molecular flexibility index (Phi) is 4.13. The summed E-state index contributed by atoms with van der Waals surface area (Å²) in [5, 5.41) is -0.538. The number of benzene rings is 1. The van der Waals surface area contributed by atoms with Crippen molar-refractivity contribution in [2.75, 3.05) is 24.6 Å². The molecular formula is C12H14ClNOS. The SMILES string of the molecule is O=C(C(Cl)c1ccccc1)N1CCSCC1. The molecule has 1 amide bonds. The Hall–Kier alpha value is -0.670. The van der Waals surface area contributed by atoms with Crippen LogP contribution in [-0.2, 0) is 4.79 Å². The number of rotatable bonds is 2. The van der Waals surface area contributed by atoms with Crippen molar-refractivity contribution in [1.82, 2.24) is 4.90 Å². The molecule has 2 rings (SSSR count). The molecule has 86 valence electrons. The Balaban J connectivity index is 2.04. The maximum Gasteiger partial charge on any atom is 0.245 e. The molecule has 1 aliphatic rings. The maximum absolute atomic E-state index is 12.1. The van der Waals surface area contributed by atoms with Crippen LogP contribution in [0.4, 0.5) is 0 Å². The summed E-state index contributed by atoms with van der Waals surface area (Å²) >= 11 is 8.08. The van der Waals surface area contributed by atoms with Crippen molar-refractivity contribution in [2.45, 2.75) is 5.38 Å². The van der Waals surface area contributed by atoms with Gasteiger partial charge in [-0.15, -0.1) is 11.6 Å². The van der Waals surface area contributed by atoms with Gasteiger partial charge in [-0.1, -0.05) is 30.3 Å². The van der Waals surface area contributed by atoms with Gasteiger partial charge < -0.3 is 4.90 Å². The van der Waals surface area contributed by atoms with E-state index in [1.54, 1.807) is 0 Å². The van der Waals surface area contributed by atoms with Crippen molar-refractivity contribution in [3.8, 4) is 0 Å². The highest BCUT2D eigenvalue weighted by Crippen LogP contribution is 2.24. The van der Waals surface area contributed by atoms with Gasteiger partial charge in [0.05, 0.1) is 0 Å². The lowest BCUT2D eigenvalue weighted by Crippen LogP contribution is -2.39. The van der Waals surface area contributed by atoms with Crippen LogP contribution in [0.5, 0.6) is 0 Å². The first-order valence-electron chi connectivity index (χ1n) is 5.34. The average molecular weight is 256 g/mol. The first-order valence-corrected chi connectivity index (χ1v) is 6.93. The molecule has 0 radical (unpaired) electrons. The van der Waals surface area contributed by atoms with E-state index in [4.69, 9.17) is 11.6 Å². The van der Waals surface area contributed by atoms with Gasteiger partial charge in [-0.05, 0) is 5.56 Å². The van der Waals surface area contributed by atoms with Crippen molar-refractivity contribution >= 4 is 29.3 Å². The topological polar surface area (TPSA) is 20.3 Å². The van der Waals surface area contributed by atoms with Crippen LogP contribution in [0.3, 0.4) is 0 Å². The molecule has 1 aliphatic heterocycles. The Labute approximate surface area is 105 Å². The molecule has 1 heterocycles. The van der Waals surface area contributed by atoms with Crippen LogP contribution in [0.2, 0.25) is 0 Å². The summed E-state index contributed by atoms with van der Waals surface area (Å²) < 4.78 is 0. The van der Waals surface area contributed by atoms with Crippen LogP contribution in [0, 0.1) is 0 Å². The molecule has 4 heteroatoms. The molecule has 1 aromatic carbocycles. The summed E-state index contributed by atoms with van der Waals surface area (Å²) in [6.07, 6.45) is 0. The fourth-order valence-electron chi connectivity index (χ4n) is 1.71. The molecule has 0 saturated carbocycles. The molecule has 1 saturated heterocycles. The maximum atomic E-state index is 12.1. The third-order valence-corrected chi connectivity index (χ3v) is 4.01. The van der Waals surface area contributed by atoms with Crippen molar-refractivity contribution in [3.05, 3.63) is 35.9 Å². The Morgan fingerprint density at radius 2 is 1.88 bits per heavy atom. The van der Waals surface area contributed by atoms with Gasteiger partial charge in [0, 0.05) is 24.6 Å². The molecular weight excluding hydrogens is 242 g/mol. The van der Waals surface area contributed by atoms with Crippen LogP contribution < -0.4 is 0 Å². The van der Waals surface area contributed by atoms with Crippen LogP contribution in [-0.4, -0.2) is 35.4 Å². The number of halogens is 1. The van der Waals surface area contributed by atoms with Gasteiger partial charge in [-0.2, -0.15) is 11.8 Å². The molecule has 0 N–H and O–H groups in total. The zero-order valence-electron chi connectivity index (χ0n) is 8.93. The molecule has 0 bridgehead atoms. The number of hydrogen-bond acceptors (Lipinski definition) is 2. The summed E-state index contributed by atoms with van der Waals surface area (Å²) in [4.78, 5) is 13.9. The molecule has 1 atom stereocenters. The minimum Gasteiger partial charge on any atom is -0.339 e. The molecule has 2 nitrogen and oxygen atoms in total. The number of hydrogen-bond donors (Lipinski definition) is 0. The highest BCUT2D eigenvalue weighted by molar-refractivity contribution is 7.99. The first-order chi connectivity index (χ1) is 7.79. The largest absolute Gasteiger partial charge is 0.339 e. The van der Waals surface area contributed by atoms with Gasteiger partial charge in [-0.3, -0.25) is 4.79 Å². The minimum absolute atomic E-state index is 0.0353. The van der Waals surface area contributed by atoms with Gasteiger partial charge in [0.15, 0.2) is 0 Å². The average Bonchev–Trinajstić information content (AvgIpc) is 2.39. The monoisotopic (exact) mass is 255 g/mol. The third-order valence-electron chi connectivity index (χ3n) is 2.63. The number of alkyl halides is 1. The Morgan fingerprint density at radius 1 is 1.25 bits per heavy atom. The lowest BCUT2D eigenvalue weighted by atomic mass is 10.1. The fraction of sp³-hybridized carbons (Fsp3) is 0.417. The smallest absolute Gasteiger partial charge is 0.245 e. The quantitative estimate of drug-likeness (QED) is 0.757. The van der Waals surface area contributed by atoms with E-state index < -0.39 is 5.38 Å². The van der Waals surface area contributed by atoms with E-state index in [0.29, 0.717) is 0 Å². The normalized spacial score (nSPS) is 18.2. The van der Waals surface area contributed by atoms with Gasteiger partial charge in [0.2, 0.25) is 5.91 Å². The van der Waals surface area contributed by atoms with Crippen LogP contribution in [0.15, 0.2) is 30.3 Å². The summed E-state index contributed by atoms with van der Waals surface area (Å²) in [6, 6.07) is 9.53. The highest BCUT2D eigenvalue weighted by atomic mass is 35.5. The van der Waals surface area contributed by atoms with Crippen LogP contribution >= 0.6 is 23.4 Å². The number of carbonyl (C=O) groups excluding carboxylic acids is 1. The van der Waals surface area contributed by atoms with Crippen molar-refractivity contribution in [1.29, 1.82) is 0 Å². The molecule has 1 fully saturated rings. The standard InChI is InChI=1S/C12H14ClNOS/c13-11(10-4-2-1-3-5-10)12(15)14-6-8-16-9-7-14/h1-5,11H,6-9H2. The van der Waals surface area contributed by atoms with E-state index in [0.717, 1.165) is 30.2 Å². The summed E-state index contributed by atoms with van der Waals surface area (Å²) in [5.74, 6) is 2.07. The lowest BCUT2D eigenvalue weighted by Gasteiger charge is -2.28. The summed E-state index contributed by atoms with van der Waals surface area (Å²) in [7, 11) is 0. The van der Waals surface area contributed by atoms with Gasteiger partial charge >= 0.3 is 0 Å². The van der Waals surface area contributed by atoms with Gasteiger partial charge in [-0.25, -0.2) is 0 Å². The number of carbonyl (C=O) groups is 1. The second kappa shape index (κ2) is 5.60. The summed E-state index contributed by atoms with van der Waals surface area (Å²) in [6.45, 7) is 1.64. The predicted octanol–water partition coefficient (Wildman–Crippen LogP) is 2.54. The minimum atomic E-state index is -0.538. The van der Waals surface area contributed by atoms with E-state index in [9.17, 15) is 4.79 Å². The Bertz CT molecular complexity index is 351. The summed E-state index contributed by atoms with van der Waals surface area (Å²) in [5.41, 5.74) is 0.882. The van der Waals surface area contributed by atoms with Gasteiger partial charge in [0.25, 0.3) is 0 Å². The molecule has 1 aromatic rings. The molecule has 16 heavy (non-hydrogen) atoms. The van der Waals surface area contributed by atoms with Crippen LogP contribution in [0.25, 0.3) is 0 Å². The number of thioether (sulfide) groups is 1. The molecule has 0 spiro atoms. The van der Waals surface area contributed by atoms with Crippen molar-refractivity contribution < 1.29 is 4.79 Å². The lowest BCUT2D eigenvalue weighted by molar-refractivity contribution is -0.130. The zero-order chi connectivity index (χ0) is 11.4. The van der Waals surface area contributed by atoms with E-state index in [2.05, 4.69) is 0 Å². The van der Waals surface area contributed by atoms with E-state index in [1.165, 1.54) is 0 Å². The van der Waals surface area contributed by atoms with E-state index in [-0.39, 0.29) is 5.91 Å². The molecule has 1 unspecified atom stereocenters. The van der Waals surface area contributed by atoms with Crippen molar-refractivity contribution in [2.24, 2.45) is 0 Å². The second-order valence-corrected chi connectivity index (χ2v) is 5.37. The van der Waals surface area contributed by atoms with Gasteiger partial charge in [0.1, 0.15) is 5.38 Å². The van der Waals surface area contributed by atoms with Crippen molar-refractivity contribution in [3.63, 3.8) is 0 Å². The zero-order valence-corrected chi connectivity index (χ0v) is 10.5. The third kappa shape index (κ3) is 2.71.